The van der Waals surface area contributed by atoms with Crippen molar-refractivity contribution in [2.75, 3.05) is 10.6 Å². The zero-order valence-corrected chi connectivity index (χ0v) is 14.3. The number of rotatable bonds is 5. The molecule has 2 N–H and O–H groups in total. The summed E-state index contributed by atoms with van der Waals surface area (Å²) in [6, 6.07) is 13.9. The number of benzene rings is 2. The van der Waals surface area contributed by atoms with E-state index in [4.69, 9.17) is 16.3 Å². The highest BCUT2D eigenvalue weighted by atomic mass is 35.5. The van der Waals surface area contributed by atoms with Crippen molar-refractivity contribution in [3.8, 4) is 5.75 Å². The standard InChI is InChI=1S/C18H21ClN2O2/c1-4-18(2,3)23-16-11-9-15(10-12-16)21-17(22)20-14-7-5-13(19)6-8-14/h5-12H,4H2,1-3H3,(H2,20,21,22). The molecule has 0 saturated heterocycles. The van der Waals surface area contributed by atoms with Crippen LogP contribution in [0.15, 0.2) is 48.5 Å². The van der Waals surface area contributed by atoms with Gasteiger partial charge in [0.25, 0.3) is 0 Å². The Morgan fingerprint density at radius 3 is 1.96 bits per heavy atom. The fourth-order valence-electron chi connectivity index (χ4n) is 1.82. The highest BCUT2D eigenvalue weighted by Crippen LogP contribution is 2.22. The molecule has 0 aliphatic carbocycles. The lowest BCUT2D eigenvalue weighted by Crippen LogP contribution is -2.26. The molecule has 0 unspecified atom stereocenters. The highest BCUT2D eigenvalue weighted by molar-refractivity contribution is 6.30. The van der Waals surface area contributed by atoms with Crippen LogP contribution in [0.1, 0.15) is 27.2 Å². The van der Waals surface area contributed by atoms with Gasteiger partial charge in [0.15, 0.2) is 0 Å². The zero-order valence-electron chi connectivity index (χ0n) is 13.5. The van der Waals surface area contributed by atoms with Gasteiger partial charge in [-0.1, -0.05) is 18.5 Å². The van der Waals surface area contributed by atoms with E-state index in [1.54, 1.807) is 24.3 Å². The van der Waals surface area contributed by atoms with E-state index in [0.717, 1.165) is 12.2 Å². The Morgan fingerprint density at radius 2 is 1.48 bits per heavy atom. The van der Waals surface area contributed by atoms with Crippen LogP contribution in [-0.2, 0) is 0 Å². The van der Waals surface area contributed by atoms with Crippen LogP contribution in [0.3, 0.4) is 0 Å². The van der Waals surface area contributed by atoms with Crippen molar-refractivity contribution in [1.82, 2.24) is 0 Å². The summed E-state index contributed by atoms with van der Waals surface area (Å²) in [5, 5.41) is 6.14. The molecule has 0 aliphatic heterocycles. The second-order valence-corrected chi connectivity index (χ2v) is 6.26. The molecule has 23 heavy (non-hydrogen) atoms. The van der Waals surface area contributed by atoms with E-state index in [-0.39, 0.29) is 11.6 Å². The van der Waals surface area contributed by atoms with Gasteiger partial charge in [-0.2, -0.15) is 0 Å². The van der Waals surface area contributed by atoms with E-state index < -0.39 is 0 Å². The number of halogens is 1. The number of carbonyl (C=O) groups is 1. The molecule has 2 amide bonds. The minimum atomic E-state index is -0.310. The number of amides is 2. The van der Waals surface area contributed by atoms with Crippen LogP contribution in [0.5, 0.6) is 5.75 Å². The Morgan fingerprint density at radius 1 is 1.00 bits per heavy atom. The van der Waals surface area contributed by atoms with Gasteiger partial charge in [-0.3, -0.25) is 0 Å². The number of carbonyl (C=O) groups excluding carboxylic acids is 1. The topological polar surface area (TPSA) is 50.4 Å². The van der Waals surface area contributed by atoms with Crippen molar-refractivity contribution < 1.29 is 9.53 Å². The van der Waals surface area contributed by atoms with Gasteiger partial charge in [0.1, 0.15) is 11.4 Å². The van der Waals surface area contributed by atoms with E-state index in [9.17, 15) is 4.79 Å². The second-order valence-electron chi connectivity index (χ2n) is 5.83. The third-order valence-electron chi connectivity index (χ3n) is 3.46. The Balaban J connectivity index is 1.92. The van der Waals surface area contributed by atoms with Crippen molar-refractivity contribution in [2.24, 2.45) is 0 Å². The van der Waals surface area contributed by atoms with Crippen LogP contribution >= 0.6 is 11.6 Å². The largest absolute Gasteiger partial charge is 0.488 e. The summed E-state index contributed by atoms with van der Waals surface area (Å²) in [4.78, 5) is 11.9. The minimum Gasteiger partial charge on any atom is -0.488 e. The lowest BCUT2D eigenvalue weighted by molar-refractivity contribution is 0.105. The first kappa shape index (κ1) is 17.2. The van der Waals surface area contributed by atoms with E-state index in [1.165, 1.54) is 0 Å². The maximum Gasteiger partial charge on any atom is 0.323 e. The maximum atomic E-state index is 11.9. The van der Waals surface area contributed by atoms with E-state index in [0.29, 0.717) is 16.4 Å². The quantitative estimate of drug-likeness (QED) is 0.754. The molecule has 0 spiro atoms. The van der Waals surface area contributed by atoms with Crippen LogP contribution in [-0.4, -0.2) is 11.6 Å². The van der Waals surface area contributed by atoms with Gasteiger partial charge in [-0.25, -0.2) is 4.79 Å². The zero-order chi connectivity index (χ0) is 16.9. The highest BCUT2D eigenvalue weighted by Gasteiger charge is 2.16. The molecule has 0 atom stereocenters. The molecule has 2 aromatic carbocycles. The lowest BCUT2D eigenvalue weighted by Gasteiger charge is -2.24. The molecule has 0 heterocycles. The fraction of sp³-hybridized carbons (Fsp3) is 0.278. The van der Waals surface area contributed by atoms with Gasteiger partial charge in [0.05, 0.1) is 0 Å². The van der Waals surface area contributed by atoms with Gasteiger partial charge in [-0.15, -0.1) is 0 Å². The normalized spacial score (nSPS) is 11.0. The Kier molecular flexibility index (Phi) is 5.50. The van der Waals surface area contributed by atoms with Crippen molar-refractivity contribution in [3.05, 3.63) is 53.6 Å². The summed E-state index contributed by atoms with van der Waals surface area (Å²) in [6.45, 7) is 6.16. The molecule has 0 radical (unpaired) electrons. The minimum absolute atomic E-state index is 0.207. The molecule has 0 aromatic heterocycles. The fourth-order valence-corrected chi connectivity index (χ4v) is 1.95. The third-order valence-corrected chi connectivity index (χ3v) is 3.71. The van der Waals surface area contributed by atoms with Crippen LogP contribution in [0, 0.1) is 0 Å². The molecule has 0 aliphatic rings. The smallest absolute Gasteiger partial charge is 0.323 e. The molecule has 0 saturated carbocycles. The van der Waals surface area contributed by atoms with Gasteiger partial charge >= 0.3 is 6.03 Å². The van der Waals surface area contributed by atoms with Gasteiger partial charge in [-0.05, 0) is 68.8 Å². The van der Waals surface area contributed by atoms with Gasteiger partial charge in [0, 0.05) is 16.4 Å². The first-order valence-corrected chi connectivity index (χ1v) is 7.88. The first-order valence-electron chi connectivity index (χ1n) is 7.50. The molecular formula is C18H21ClN2O2. The van der Waals surface area contributed by atoms with Crippen LogP contribution in [0.4, 0.5) is 16.2 Å². The van der Waals surface area contributed by atoms with E-state index >= 15 is 0 Å². The van der Waals surface area contributed by atoms with Gasteiger partial charge in [0.2, 0.25) is 0 Å². The van der Waals surface area contributed by atoms with Crippen molar-refractivity contribution >= 4 is 29.0 Å². The molecule has 4 nitrogen and oxygen atoms in total. The summed E-state index contributed by atoms with van der Waals surface area (Å²) < 4.78 is 5.88. The summed E-state index contributed by atoms with van der Waals surface area (Å²) in [5.74, 6) is 0.778. The van der Waals surface area contributed by atoms with Crippen LogP contribution in [0.25, 0.3) is 0 Å². The number of hydrogen-bond donors (Lipinski definition) is 2. The first-order chi connectivity index (χ1) is 10.9. The molecule has 5 heteroatoms. The predicted octanol–water partition coefficient (Wildman–Crippen LogP) is 5.55. The maximum absolute atomic E-state index is 11.9. The molecular weight excluding hydrogens is 312 g/mol. The van der Waals surface area contributed by atoms with Crippen LogP contribution in [0.2, 0.25) is 5.02 Å². The number of hydrogen-bond acceptors (Lipinski definition) is 2. The number of nitrogens with one attached hydrogen (secondary N) is 2. The summed E-state index contributed by atoms with van der Waals surface area (Å²) in [7, 11) is 0. The molecule has 2 rings (SSSR count). The van der Waals surface area contributed by atoms with E-state index in [2.05, 4.69) is 17.6 Å². The lowest BCUT2D eigenvalue weighted by atomic mass is 10.1. The summed E-state index contributed by atoms with van der Waals surface area (Å²) >= 11 is 5.81. The molecule has 2 aromatic rings. The average Bonchev–Trinajstić information content (AvgIpc) is 2.51. The van der Waals surface area contributed by atoms with Crippen molar-refractivity contribution in [2.45, 2.75) is 32.8 Å². The molecule has 122 valence electrons. The van der Waals surface area contributed by atoms with Crippen LogP contribution < -0.4 is 15.4 Å². The second kappa shape index (κ2) is 7.38. The van der Waals surface area contributed by atoms with Gasteiger partial charge < -0.3 is 15.4 Å². The Hall–Kier alpha value is -2.20. The Labute approximate surface area is 141 Å². The Bertz CT molecular complexity index is 652. The number of anilines is 2. The SMILES string of the molecule is CCC(C)(C)Oc1ccc(NC(=O)Nc2ccc(Cl)cc2)cc1. The average molecular weight is 333 g/mol. The monoisotopic (exact) mass is 332 g/mol. The van der Waals surface area contributed by atoms with Crippen molar-refractivity contribution in [1.29, 1.82) is 0 Å². The number of urea groups is 1. The van der Waals surface area contributed by atoms with Crippen molar-refractivity contribution in [3.63, 3.8) is 0 Å². The third kappa shape index (κ3) is 5.49. The summed E-state index contributed by atoms with van der Waals surface area (Å²) in [5.41, 5.74) is 1.16. The number of ether oxygens (including phenoxy) is 1. The molecule has 0 bridgehead atoms. The predicted molar refractivity (Wildman–Crippen MR) is 95.5 cm³/mol. The molecule has 0 fully saturated rings. The summed E-state index contributed by atoms with van der Waals surface area (Å²) in [6.07, 6.45) is 0.913. The van der Waals surface area contributed by atoms with E-state index in [1.807, 2.05) is 38.1 Å².